The van der Waals surface area contributed by atoms with Gasteiger partial charge in [-0.2, -0.15) is 0 Å². The summed E-state index contributed by atoms with van der Waals surface area (Å²) in [6.07, 6.45) is 3.44. The van der Waals surface area contributed by atoms with Crippen LogP contribution in [-0.2, 0) is 11.8 Å². The molecule has 6 nitrogen and oxygen atoms in total. The van der Waals surface area contributed by atoms with E-state index in [9.17, 15) is 4.79 Å². The highest BCUT2D eigenvalue weighted by Crippen LogP contribution is 2.21. The summed E-state index contributed by atoms with van der Waals surface area (Å²) in [7, 11) is 1.89. The fourth-order valence-corrected chi connectivity index (χ4v) is 2.43. The molecule has 0 aliphatic carbocycles. The molecule has 2 heterocycles. The molecule has 0 unspecified atom stereocenters. The number of nitrogens with zero attached hydrogens (tertiary/aromatic N) is 4. The Bertz CT molecular complexity index is 597. The quantitative estimate of drug-likeness (QED) is 0.823. The Morgan fingerprint density at radius 2 is 2.05 bits per heavy atom. The average molecular weight is 305 g/mol. The first kappa shape index (κ1) is 15.5. The first-order valence-electron chi connectivity index (χ1n) is 6.77. The lowest BCUT2D eigenvalue weighted by Crippen LogP contribution is -2.28. The zero-order valence-electron chi connectivity index (χ0n) is 12.4. The Morgan fingerprint density at radius 3 is 2.71 bits per heavy atom. The summed E-state index contributed by atoms with van der Waals surface area (Å²) in [5, 5.41) is 11.9. The van der Waals surface area contributed by atoms with Gasteiger partial charge in [-0.05, 0) is 18.1 Å². The van der Waals surface area contributed by atoms with Gasteiger partial charge in [-0.1, -0.05) is 25.6 Å². The highest BCUT2D eigenvalue weighted by molar-refractivity contribution is 7.99. The zero-order chi connectivity index (χ0) is 15.2. The van der Waals surface area contributed by atoms with E-state index in [-0.39, 0.29) is 5.91 Å². The van der Waals surface area contributed by atoms with Gasteiger partial charge in [0.1, 0.15) is 0 Å². The van der Waals surface area contributed by atoms with E-state index >= 15 is 0 Å². The van der Waals surface area contributed by atoms with Crippen LogP contribution in [0.5, 0.6) is 0 Å². The molecule has 0 radical (unpaired) electrons. The number of pyridine rings is 1. The minimum Gasteiger partial charge on any atom is -0.355 e. The van der Waals surface area contributed by atoms with Crippen molar-refractivity contribution in [1.29, 1.82) is 0 Å². The molecule has 0 aliphatic rings. The summed E-state index contributed by atoms with van der Waals surface area (Å²) in [4.78, 5) is 15.7. The fraction of sp³-hybridized carbons (Fsp3) is 0.429. The SMILES string of the molecule is CC(C)CNC(=O)CSc1nnc(-c2ccncc2)n1C. The van der Waals surface area contributed by atoms with E-state index in [2.05, 4.69) is 34.3 Å². The van der Waals surface area contributed by atoms with Crippen molar-refractivity contribution in [2.45, 2.75) is 19.0 Å². The van der Waals surface area contributed by atoms with Crippen LogP contribution in [0.2, 0.25) is 0 Å². The molecule has 112 valence electrons. The minimum atomic E-state index is 0.0159. The van der Waals surface area contributed by atoms with Crippen molar-refractivity contribution in [3.8, 4) is 11.4 Å². The topological polar surface area (TPSA) is 72.7 Å². The number of nitrogens with one attached hydrogen (secondary N) is 1. The third-order valence-corrected chi connectivity index (χ3v) is 3.83. The van der Waals surface area contributed by atoms with Crippen LogP contribution in [0, 0.1) is 5.92 Å². The summed E-state index contributed by atoms with van der Waals surface area (Å²) in [5.74, 6) is 1.58. The molecule has 0 saturated heterocycles. The number of rotatable bonds is 6. The van der Waals surface area contributed by atoms with Gasteiger partial charge in [0.2, 0.25) is 5.91 Å². The standard InChI is InChI=1S/C14H19N5OS/c1-10(2)8-16-12(20)9-21-14-18-17-13(19(14)3)11-4-6-15-7-5-11/h4-7,10H,8-9H2,1-3H3,(H,16,20). The molecule has 21 heavy (non-hydrogen) atoms. The predicted molar refractivity (Wildman–Crippen MR) is 82.8 cm³/mol. The van der Waals surface area contributed by atoms with E-state index in [1.165, 1.54) is 11.8 Å². The molecule has 0 spiro atoms. The van der Waals surface area contributed by atoms with E-state index in [0.717, 1.165) is 16.5 Å². The van der Waals surface area contributed by atoms with Crippen LogP contribution in [0.3, 0.4) is 0 Å². The maximum Gasteiger partial charge on any atom is 0.230 e. The molecule has 2 aromatic rings. The second kappa shape index (κ2) is 7.21. The van der Waals surface area contributed by atoms with Gasteiger partial charge >= 0.3 is 0 Å². The number of carbonyl (C=O) groups is 1. The van der Waals surface area contributed by atoms with Gasteiger partial charge in [0.15, 0.2) is 11.0 Å². The van der Waals surface area contributed by atoms with E-state index in [4.69, 9.17) is 0 Å². The normalized spacial score (nSPS) is 10.9. The lowest BCUT2D eigenvalue weighted by atomic mass is 10.2. The molecule has 2 aromatic heterocycles. The van der Waals surface area contributed by atoms with Gasteiger partial charge in [0.25, 0.3) is 0 Å². The van der Waals surface area contributed by atoms with Crippen molar-refractivity contribution in [2.24, 2.45) is 13.0 Å². The van der Waals surface area contributed by atoms with Crippen molar-refractivity contribution in [2.75, 3.05) is 12.3 Å². The van der Waals surface area contributed by atoms with Crippen molar-refractivity contribution in [3.05, 3.63) is 24.5 Å². The van der Waals surface area contributed by atoms with Crippen molar-refractivity contribution in [1.82, 2.24) is 25.1 Å². The monoisotopic (exact) mass is 305 g/mol. The van der Waals surface area contributed by atoms with Gasteiger partial charge in [-0.25, -0.2) is 0 Å². The van der Waals surface area contributed by atoms with Crippen LogP contribution in [0.4, 0.5) is 0 Å². The number of aromatic nitrogens is 4. The summed E-state index contributed by atoms with van der Waals surface area (Å²) >= 11 is 1.38. The number of hydrogen-bond acceptors (Lipinski definition) is 5. The lowest BCUT2D eigenvalue weighted by molar-refractivity contribution is -0.118. The second-order valence-electron chi connectivity index (χ2n) is 5.09. The van der Waals surface area contributed by atoms with E-state index in [0.29, 0.717) is 18.2 Å². The highest BCUT2D eigenvalue weighted by Gasteiger charge is 2.12. The third-order valence-electron chi connectivity index (χ3n) is 2.81. The van der Waals surface area contributed by atoms with E-state index in [1.807, 2.05) is 23.7 Å². The van der Waals surface area contributed by atoms with Gasteiger partial charge in [0, 0.05) is 31.5 Å². The van der Waals surface area contributed by atoms with Gasteiger partial charge in [0.05, 0.1) is 5.75 Å². The number of amides is 1. The average Bonchev–Trinajstić information content (AvgIpc) is 2.85. The Labute approximate surface area is 128 Å². The number of hydrogen-bond donors (Lipinski definition) is 1. The van der Waals surface area contributed by atoms with Gasteiger partial charge in [-0.15, -0.1) is 10.2 Å². The van der Waals surface area contributed by atoms with Crippen LogP contribution < -0.4 is 5.32 Å². The van der Waals surface area contributed by atoms with Crippen molar-refractivity contribution >= 4 is 17.7 Å². The molecule has 0 atom stereocenters. The minimum absolute atomic E-state index is 0.0159. The molecule has 1 N–H and O–H groups in total. The van der Waals surface area contributed by atoms with Gasteiger partial charge in [-0.3, -0.25) is 9.78 Å². The van der Waals surface area contributed by atoms with Crippen LogP contribution in [0.25, 0.3) is 11.4 Å². The molecule has 0 aromatic carbocycles. The maximum atomic E-state index is 11.7. The molecule has 0 saturated carbocycles. The highest BCUT2D eigenvalue weighted by atomic mass is 32.2. The molecule has 0 bridgehead atoms. The molecule has 2 rings (SSSR count). The first-order chi connectivity index (χ1) is 10.1. The summed E-state index contributed by atoms with van der Waals surface area (Å²) in [5.41, 5.74) is 0.955. The van der Waals surface area contributed by atoms with Crippen LogP contribution in [0.15, 0.2) is 29.7 Å². The fourth-order valence-electron chi connectivity index (χ4n) is 1.69. The van der Waals surface area contributed by atoms with Gasteiger partial charge < -0.3 is 9.88 Å². The second-order valence-corrected chi connectivity index (χ2v) is 6.03. The number of thioether (sulfide) groups is 1. The third kappa shape index (κ3) is 4.29. The zero-order valence-corrected chi connectivity index (χ0v) is 13.2. The van der Waals surface area contributed by atoms with Crippen LogP contribution in [-0.4, -0.2) is 38.0 Å². The maximum absolute atomic E-state index is 11.7. The van der Waals surface area contributed by atoms with Crippen molar-refractivity contribution in [3.63, 3.8) is 0 Å². The summed E-state index contributed by atoms with van der Waals surface area (Å²) in [6.45, 7) is 4.83. The van der Waals surface area contributed by atoms with E-state index in [1.54, 1.807) is 12.4 Å². The molecule has 0 fully saturated rings. The Morgan fingerprint density at radius 1 is 1.33 bits per heavy atom. The molecular weight excluding hydrogens is 286 g/mol. The van der Waals surface area contributed by atoms with Crippen molar-refractivity contribution < 1.29 is 4.79 Å². The van der Waals surface area contributed by atoms with E-state index < -0.39 is 0 Å². The molecular formula is C14H19N5OS. The lowest BCUT2D eigenvalue weighted by Gasteiger charge is -2.07. The summed E-state index contributed by atoms with van der Waals surface area (Å²) in [6, 6.07) is 3.77. The van der Waals surface area contributed by atoms with Crippen LogP contribution >= 0.6 is 11.8 Å². The summed E-state index contributed by atoms with van der Waals surface area (Å²) < 4.78 is 1.88. The molecule has 1 amide bonds. The molecule has 7 heteroatoms. The van der Waals surface area contributed by atoms with Crippen LogP contribution in [0.1, 0.15) is 13.8 Å². The Kier molecular flexibility index (Phi) is 5.32. The number of carbonyl (C=O) groups excluding carboxylic acids is 1. The largest absolute Gasteiger partial charge is 0.355 e. The predicted octanol–water partition coefficient (Wildman–Crippen LogP) is 1.74. The first-order valence-corrected chi connectivity index (χ1v) is 7.75. The smallest absolute Gasteiger partial charge is 0.230 e. The Balaban J connectivity index is 1.97. The Hall–Kier alpha value is -1.89. The molecule has 0 aliphatic heterocycles.